The number of esters is 1. The molecule has 0 spiro atoms. The van der Waals surface area contributed by atoms with E-state index in [0.717, 1.165) is 24.2 Å². The number of ether oxygens (including phenoxy) is 3. The first-order valence-corrected chi connectivity index (χ1v) is 14.5. The largest absolute Gasteiger partial charge is 0.494 e. The molecular formula is C33H39N5O5. The molecule has 2 N–H and O–H groups in total. The van der Waals surface area contributed by atoms with E-state index in [0.29, 0.717) is 54.8 Å². The lowest BCUT2D eigenvalue weighted by molar-refractivity contribution is -0.144. The molecule has 0 saturated carbocycles. The van der Waals surface area contributed by atoms with Crippen LogP contribution in [0.4, 0.5) is 16.3 Å². The van der Waals surface area contributed by atoms with Crippen molar-refractivity contribution in [3.63, 3.8) is 0 Å². The standard InChI is InChI=1S/C33H39N5O5/c1-5-6-21-42-31(39)8-7-22-41-26-15-11-25(12-16-26)38-30(23-29(37-38)33(2,3)4)36-32(40)35-24-9-13-27(14-10-24)43-28-17-19-34-20-18-28/h9-20,23H,5-8,21-22H2,1-4H3,(H2,35,36,40). The van der Waals surface area contributed by atoms with E-state index in [1.165, 1.54) is 0 Å². The fraction of sp³-hybridized carbons (Fsp3) is 0.333. The first kappa shape index (κ1) is 31.1. The minimum Gasteiger partial charge on any atom is -0.494 e. The van der Waals surface area contributed by atoms with Crippen molar-refractivity contribution in [2.24, 2.45) is 0 Å². The molecule has 2 aromatic carbocycles. The molecule has 10 heteroatoms. The van der Waals surface area contributed by atoms with Crippen molar-refractivity contribution in [3.8, 4) is 22.9 Å². The number of urea groups is 1. The SMILES string of the molecule is CCCCOC(=O)CCCOc1ccc(-n2nc(C(C)(C)C)cc2NC(=O)Nc2ccc(Oc3ccncc3)cc2)cc1. The third-order valence-electron chi connectivity index (χ3n) is 6.35. The Hall–Kier alpha value is -4.86. The zero-order valence-electron chi connectivity index (χ0n) is 25.1. The number of benzene rings is 2. The van der Waals surface area contributed by atoms with Crippen molar-refractivity contribution < 1.29 is 23.8 Å². The molecule has 2 aromatic heterocycles. The van der Waals surface area contributed by atoms with Crippen LogP contribution < -0.4 is 20.1 Å². The van der Waals surface area contributed by atoms with Gasteiger partial charge in [-0.1, -0.05) is 34.1 Å². The van der Waals surface area contributed by atoms with Gasteiger partial charge in [-0.3, -0.25) is 15.1 Å². The highest BCUT2D eigenvalue weighted by molar-refractivity contribution is 5.99. The van der Waals surface area contributed by atoms with Crippen molar-refractivity contribution >= 4 is 23.5 Å². The molecule has 43 heavy (non-hydrogen) atoms. The first-order chi connectivity index (χ1) is 20.7. The Balaban J connectivity index is 1.36. The quantitative estimate of drug-likeness (QED) is 0.123. The van der Waals surface area contributed by atoms with Crippen LogP contribution in [0.3, 0.4) is 0 Å². The van der Waals surface area contributed by atoms with Gasteiger partial charge in [-0.25, -0.2) is 9.48 Å². The van der Waals surface area contributed by atoms with Gasteiger partial charge in [0.15, 0.2) is 0 Å². The van der Waals surface area contributed by atoms with E-state index in [-0.39, 0.29) is 11.4 Å². The van der Waals surface area contributed by atoms with Gasteiger partial charge in [0.05, 0.1) is 24.6 Å². The Bertz CT molecular complexity index is 1460. The fourth-order valence-corrected chi connectivity index (χ4v) is 3.95. The van der Waals surface area contributed by atoms with Crippen LogP contribution in [-0.4, -0.2) is 40.0 Å². The van der Waals surface area contributed by atoms with Gasteiger partial charge in [-0.2, -0.15) is 5.10 Å². The number of nitrogens with one attached hydrogen (secondary N) is 2. The second kappa shape index (κ2) is 14.9. The molecule has 2 heterocycles. The molecule has 0 atom stereocenters. The van der Waals surface area contributed by atoms with Crippen LogP contribution in [0.1, 0.15) is 59.1 Å². The monoisotopic (exact) mass is 585 g/mol. The van der Waals surface area contributed by atoms with Crippen molar-refractivity contribution in [1.29, 1.82) is 0 Å². The Labute approximate surface area is 252 Å². The number of nitrogens with zero attached hydrogens (tertiary/aromatic N) is 3. The average Bonchev–Trinajstić information content (AvgIpc) is 3.42. The van der Waals surface area contributed by atoms with Crippen LogP contribution in [0.2, 0.25) is 0 Å². The summed E-state index contributed by atoms with van der Waals surface area (Å²) in [6.45, 7) is 9.12. The van der Waals surface area contributed by atoms with E-state index in [2.05, 4.69) is 43.3 Å². The lowest BCUT2D eigenvalue weighted by Gasteiger charge is -2.14. The molecule has 0 aliphatic rings. The number of carbonyl (C=O) groups is 2. The summed E-state index contributed by atoms with van der Waals surface area (Å²) < 4.78 is 18.5. The number of hydrogen-bond acceptors (Lipinski definition) is 7. The molecule has 2 amide bonds. The van der Waals surface area contributed by atoms with Crippen LogP contribution in [0, 0.1) is 0 Å². The molecule has 4 rings (SSSR count). The maximum Gasteiger partial charge on any atom is 0.324 e. The lowest BCUT2D eigenvalue weighted by Crippen LogP contribution is -2.21. The zero-order valence-corrected chi connectivity index (χ0v) is 25.1. The molecule has 0 fully saturated rings. The van der Waals surface area contributed by atoms with E-state index in [4.69, 9.17) is 19.3 Å². The molecule has 0 radical (unpaired) electrons. The number of pyridine rings is 1. The molecule has 10 nitrogen and oxygen atoms in total. The van der Waals surface area contributed by atoms with Crippen LogP contribution in [0.5, 0.6) is 17.2 Å². The number of anilines is 2. The van der Waals surface area contributed by atoms with Gasteiger partial charge in [0, 0.05) is 36.0 Å². The maximum absolute atomic E-state index is 13.0. The maximum atomic E-state index is 13.0. The molecule has 0 aliphatic heterocycles. The van der Waals surface area contributed by atoms with E-state index >= 15 is 0 Å². The van der Waals surface area contributed by atoms with Crippen LogP contribution >= 0.6 is 0 Å². The van der Waals surface area contributed by atoms with E-state index in [1.54, 1.807) is 53.5 Å². The van der Waals surface area contributed by atoms with Gasteiger partial charge >= 0.3 is 12.0 Å². The van der Waals surface area contributed by atoms with Crippen LogP contribution in [0.25, 0.3) is 5.69 Å². The summed E-state index contributed by atoms with van der Waals surface area (Å²) in [5, 5.41) is 10.6. The van der Waals surface area contributed by atoms with Gasteiger partial charge < -0.3 is 19.5 Å². The second-order valence-electron chi connectivity index (χ2n) is 11.0. The third-order valence-corrected chi connectivity index (χ3v) is 6.35. The average molecular weight is 586 g/mol. The van der Waals surface area contributed by atoms with Crippen molar-refractivity contribution in [2.45, 2.75) is 58.8 Å². The van der Waals surface area contributed by atoms with Crippen molar-refractivity contribution in [1.82, 2.24) is 14.8 Å². The van der Waals surface area contributed by atoms with E-state index in [1.807, 2.05) is 30.3 Å². The summed E-state index contributed by atoms with van der Waals surface area (Å²) in [6, 6.07) is 19.5. The predicted octanol–water partition coefficient (Wildman–Crippen LogP) is 7.50. The highest BCUT2D eigenvalue weighted by Crippen LogP contribution is 2.28. The smallest absolute Gasteiger partial charge is 0.324 e. The summed E-state index contributed by atoms with van der Waals surface area (Å²) in [5.74, 6) is 2.32. The fourth-order valence-electron chi connectivity index (χ4n) is 3.95. The zero-order chi connectivity index (χ0) is 30.7. The molecule has 0 aliphatic carbocycles. The summed E-state index contributed by atoms with van der Waals surface area (Å²) in [6.07, 6.45) is 6.08. The molecule has 4 aromatic rings. The molecular weight excluding hydrogens is 546 g/mol. The minimum atomic E-state index is -0.405. The van der Waals surface area contributed by atoms with Crippen molar-refractivity contribution in [2.75, 3.05) is 23.8 Å². The number of hydrogen-bond donors (Lipinski definition) is 2. The number of carbonyl (C=O) groups excluding carboxylic acids is 2. The second-order valence-corrected chi connectivity index (χ2v) is 11.0. The normalized spacial score (nSPS) is 11.1. The number of rotatable bonds is 13. The number of aromatic nitrogens is 3. The number of amides is 2. The highest BCUT2D eigenvalue weighted by Gasteiger charge is 2.21. The molecule has 0 bridgehead atoms. The van der Waals surface area contributed by atoms with Gasteiger partial charge in [-0.15, -0.1) is 0 Å². The molecule has 0 saturated heterocycles. The minimum absolute atomic E-state index is 0.197. The Morgan fingerprint density at radius 1 is 0.837 bits per heavy atom. The van der Waals surface area contributed by atoms with Crippen molar-refractivity contribution in [3.05, 3.63) is 84.8 Å². The summed E-state index contributed by atoms with van der Waals surface area (Å²) in [7, 11) is 0. The summed E-state index contributed by atoms with van der Waals surface area (Å²) in [5.41, 5.74) is 1.96. The van der Waals surface area contributed by atoms with Gasteiger partial charge in [0.2, 0.25) is 0 Å². The summed E-state index contributed by atoms with van der Waals surface area (Å²) in [4.78, 5) is 28.7. The Morgan fingerprint density at radius 2 is 1.51 bits per heavy atom. The van der Waals surface area contributed by atoms with Gasteiger partial charge in [0.25, 0.3) is 0 Å². The van der Waals surface area contributed by atoms with E-state index in [9.17, 15) is 9.59 Å². The molecule has 226 valence electrons. The lowest BCUT2D eigenvalue weighted by atomic mass is 9.92. The van der Waals surface area contributed by atoms with Crippen LogP contribution in [-0.2, 0) is 14.9 Å². The number of unbranched alkanes of at least 4 members (excludes halogenated alkanes) is 1. The topological polar surface area (TPSA) is 117 Å². The first-order valence-electron chi connectivity index (χ1n) is 14.5. The Kier molecular flexibility index (Phi) is 10.7. The molecule has 0 unspecified atom stereocenters. The summed E-state index contributed by atoms with van der Waals surface area (Å²) >= 11 is 0. The third kappa shape index (κ3) is 9.59. The van der Waals surface area contributed by atoms with Gasteiger partial charge in [0.1, 0.15) is 23.1 Å². The Morgan fingerprint density at radius 3 is 2.19 bits per heavy atom. The van der Waals surface area contributed by atoms with E-state index < -0.39 is 6.03 Å². The van der Waals surface area contributed by atoms with Gasteiger partial charge in [-0.05, 0) is 73.5 Å². The predicted molar refractivity (Wildman–Crippen MR) is 166 cm³/mol. The highest BCUT2D eigenvalue weighted by atomic mass is 16.5. The van der Waals surface area contributed by atoms with Crippen LogP contribution in [0.15, 0.2) is 79.1 Å².